The molecule has 0 aromatic carbocycles. The van der Waals surface area contributed by atoms with Gasteiger partial charge in [-0.15, -0.1) is 0 Å². The molecule has 0 bridgehead atoms. The van der Waals surface area contributed by atoms with Gasteiger partial charge in [0.2, 0.25) is 15.6 Å². The van der Waals surface area contributed by atoms with E-state index < -0.39 is 10.0 Å². The van der Waals surface area contributed by atoms with E-state index >= 15 is 0 Å². The van der Waals surface area contributed by atoms with Crippen molar-refractivity contribution in [3.8, 4) is 0 Å². The normalized spacial score (nSPS) is 17.6. The van der Waals surface area contributed by atoms with E-state index in [1.807, 2.05) is 0 Å². The first kappa shape index (κ1) is 15.7. The number of pyridine rings is 1. The zero-order valence-electron chi connectivity index (χ0n) is 11.8. The lowest BCUT2D eigenvalue weighted by atomic mass is 10.1. The number of H-pyrrole nitrogens is 1. The number of carbonyl (C=O) groups is 1. The fourth-order valence-electron chi connectivity index (χ4n) is 2.32. The summed E-state index contributed by atoms with van der Waals surface area (Å²) in [6.45, 7) is 2.45. The lowest BCUT2D eigenvalue weighted by Crippen LogP contribution is -2.46. The smallest absolute Gasteiger partial charge is 0.251 e. The molecule has 1 aromatic rings. The average molecular weight is 313 g/mol. The standard InChI is InChI=1S/C13H19N3O4S/c1-2-21(19,20)16-7-4-11(5-8-16)15-13(18)10-3-6-14-12(17)9-10/h3,6,9,11H,2,4-5,7-8H2,1H3,(H,14,17)(H,15,18). The molecule has 1 fully saturated rings. The highest BCUT2D eigenvalue weighted by Crippen LogP contribution is 2.14. The number of aromatic nitrogens is 1. The molecular weight excluding hydrogens is 294 g/mol. The van der Waals surface area contributed by atoms with Crippen LogP contribution in [0.5, 0.6) is 0 Å². The molecule has 0 atom stereocenters. The van der Waals surface area contributed by atoms with Gasteiger partial charge in [0.1, 0.15) is 0 Å². The fourth-order valence-corrected chi connectivity index (χ4v) is 3.45. The van der Waals surface area contributed by atoms with Crippen LogP contribution < -0.4 is 10.9 Å². The number of hydrogen-bond donors (Lipinski definition) is 2. The Hall–Kier alpha value is -1.67. The van der Waals surface area contributed by atoms with Gasteiger partial charge in [0.05, 0.1) is 5.75 Å². The predicted molar refractivity (Wildman–Crippen MR) is 78.6 cm³/mol. The first-order valence-electron chi connectivity index (χ1n) is 6.90. The summed E-state index contributed by atoms with van der Waals surface area (Å²) in [6, 6.07) is 2.71. The molecule has 116 valence electrons. The van der Waals surface area contributed by atoms with E-state index in [0.717, 1.165) is 0 Å². The van der Waals surface area contributed by atoms with E-state index in [4.69, 9.17) is 0 Å². The largest absolute Gasteiger partial charge is 0.349 e. The topological polar surface area (TPSA) is 99.3 Å². The van der Waals surface area contributed by atoms with E-state index in [0.29, 0.717) is 31.5 Å². The summed E-state index contributed by atoms with van der Waals surface area (Å²) in [7, 11) is -3.16. The third kappa shape index (κ3) is 3.92. The molecule has 1 aromatic heterocycles. The van der Waals surface area contributed by atoms with Crippen molar-refractivity contribution in [1.82, 2.24) is 14.6 Å². The van der Waals surface area contributed by atoms with Gasteiger partial charge in [0.15, 0.2) is 0 Å². The first-order valence-corrected chi connectivity index (χ1v) is 8.50. The van der Waals surface area contributed by atoms with Crippen molar-refractivity contribution in [2.24, 2.45) is 0 Å². The Morgan fingerprint density at radius 1 is 1.43 bits per heavy atom. The van der Waals surface area contributed by atoms with Gasteiger partial charge in [0.25, 0.3) is 5.91 Å². The molecule has 21 heavy (non-hydrogen) atoms. The van der Waals surface area contributed by atoms with Gasteiger partial charge >= 0.3 is 0 Å². The number of hydrogen-bond acceptors (Lipinski definition) is 4. The van der Waals surface area contributed by atoms with Crippen molar-refractivity contribution in [2.75, 3.05) is 18.8 Å². The Bertz CT molecular complexity index is 660. The van der Waals surface area contributed by atoms with Crippen molar-refractivity contribution in [3.63, 3.8) is 0 Å². The van der Waals surface area contributed by atoms with E-state index in [9.17, 15) is 18.0 Å². The molecule has 8 heteroatoms. The van der Waals surface area contributed by atoms with Crippen molar-refractivity contribution in [2.45, 2.75) is 25.8 Å². The third-order valence-corrected chi connectivity index (χ3v) is 5.47. The number of carbonyl (C=O) groups excluding carboxylic acids is 1. The molecule has 2 N–H and O–H groups in total. The minimum atomic E-state index is -3.16. The van der Waals surface area contributed by atoms with Crippen LogP contribution in [0.25, 0.3) is 0 Å². The van der Waals surface area contributed by atoms with Crippen molar-refractivity contribution < 1.29 is 13.2 Å². The molecule has 1 amide bonds. The van der Waals surface area contributed by atoms with E-state index in [2.05, 4.69) is 10.3 Å². The van der Waals surface area contributed by atoms with Crippen molar-refractivity contribution in [3.05, 3.63) is 34.2 Å². The Kier molecular flexibility index (Phi) is 4.79. The number of nitrogens with one attached hydrogen (secondary N) is 2. The molecule has 1 saturated heterocycles. The molecule has 0 saturated carbocycles. The summed E-state index contributed by atoms with van der Waals surface area (Å²) in [5.74, 6) is -0.213. The first-order chi connectivity index (χ1) is 9.92. The molecule has 0 spiro atoms. The Labute approximate surface area is 123 Å². The van der Waals surface area contributed by atoms with Gasteiger partial charge in [-0.1, -0.05) is 0 Å². The maximum atomic E-state index is 12.0. The van der Waals surface area contributed by atoms with E-state index in [-0.39, 0.29) is 23.3 Å². The second-order valence-corrected chi connectivity index (χ2v) is 7.25. The minimum Gasteiger partial charge on any atom is -0.349 e. The van der Waals surface area contributed by atoms with Crippen LogP contribution in [-0.4, -0.2) is 48.5 Å². The monoisotopic (exact) mass is 313 g/mol. The Morgan fingerprint density at radius 3 is 2.67 bits per heavy atom. The number of nitrogens with zero attached hydrogens (tertiary/aromatic N) is 1. The van der Waals surface area contributed by atoms with Gasteiger partial charge in [-0.25, -0.2) is 12.7 Å². The molecule has 2 rings (SSSR count). The van der Waals surface area contributed by atoms with Gasteiger partial charge in [0, 0.05) is 37.0 Å². The molecular formula is C13H19N3O4S. The van der Waals surface area contributed by atoms with Gasteiger partial charge in [-0.3, -0.25) is 9.59 Å². The zero-order valence-corrected chi connectivity index (χ0v) is 12.6. The summed E-state index contributed by atoms with van der Waals surface area (Å²) >= 11 is 0. The highest BCUT2D eigenvalue weighted by molar-refractivity contribution is 7.89. The third-order valence-electron chi connectivity index (χ3n) is 3.58. The van der Waals surface area contributed by atoms with E-state index in [1.165, 1.54) is 22.6 Å². The summed E-state index contributed by atoms with van der Waals surface area (Å²) in [4.78, 5) is 25.6. The Morgan fingerprint density at radius 2 is 2.10 bits per heavy atom. The number of amides is 1. The number of rotatable bonds is 4. The maximum absolute atomic E-state index is 12.0. The van der Waals surface area contributed by atoms with E-state index in [1.54, 1.807) is 6.92 Å². The van der Waals surface area contributed by atoms with Crippen LogP contribution in [0.4, 0.5) is 0 Å². The molecule has 0 unspecified atom stereocenters. The molecule has 1 aliphatic heterocycles. The van der Waals surface area contributed by atoms with Crippen LogP contribution in [-0.2, 0) is 10.0 Å². The summed E-state index contributed by atoms with van der Waals surface area (Å²) in [5, 5.41) is 2.84. The van der Waals surface area contributed by atoms with Crippen LogP contribution in [0, 0.1) is 0 Å². The molecule has 7 nitrogen and oxygen atoms in total. The summed E-state index contributed by atoms with van der Waals surface area (Å²) in [6.07, 6.45) is 2.58. The molecule has 0 aliphatic carbocycles. The number of piperidine rings is 1. The summed E-state index contributed by atoms with van der Waals surface area (Å²) in [5.41, 5.74) is -0.0196. The van der Waals surface area contributed by atoms with Crippen LogP contribution >= 0.6 is 0 Å². The predicted octanol–water partition coefficient (Wildman–Crippen LogP) is -0.0812. The summed E-state index contributed by atoms with van der Waals surface area (Å²) < 4.78 is 24.9. The second-order valence-electron chi connectivity index (χ2n) is 4.99. The van der Waals surface area contributed by atoms with Gasteiger partial charge < -0.3 is 10.3 Å². The highest BCUT2D eigenvalue weighted by atomic mass is 32.2. The maximum Gasteiger partial charge on any atom is 0.251 e. The zero-order chi connectivity index (χ0) is 15.5. The van der Waals surface area contributed by atoms with Crippen LogP contribution in [0.1, 0.15) is 30.1 Å². The van der Waals surface area contributed by atoms with Crippen molar-refractivity contribution in [1.29, 1.82) is 0 Å². The van der Waals surface area contributed by atoms with Crippen LogP contribution in [0.2, 0.25) is 0 Å². The minimum absolute atomic E-state index is 0.0694. The Balaban J connectivity index is 1.92. The molecule has 2 heterocycles. The van der Waals surface area contributed by atoms with Crippen LogP contribution in [0.15, 0.2) is 23.1 Å². The SMILES string of the molecule is CCS(=O)(=O)N1CCC(NC(=O)c2cc[nH]c(=O)c2)CC1. The second kappa shape index (κ2) is 6.40. The quantitative estimate of drug-likeness (QED) is 0.812. The fraction of sp³-hybridized carbons (Fsp3) is 0.538. The van der Waals surface area contributed by atoms with Crippen molar-refractivity contribution >= 4 is 15.9 Å². The number of sulfonamides is 1. The lowest BCUT2D eigenvalue weighted by Gasteiger charge is -2.31. The number of aromatic amines is 1. The van der Waals surface area contributed by atoms with Gasteiger partial charge in [-0.05, 0) is 25.8 Å². The lowest BCUT2D eigenvalue weighted by molar-refractivity contribution is 0.0923. The molecule has 1 aliphatic rings. The average Bonchev–Trinajstić information content (AvgIpc) is 2.48. The van der Waals surface area contributed by atoms with Crippen LogP contribution in [0.3, 0.4) is 0 Å². The highest BCUT2D eigenvalue weighted by Gasteiger charge is 2.27. The van der Waals surface area contributed by atoms with Gasteiger partial charge in [-0.2, -0.15) is 0 Å². The molecule has 0 radical (unpaired) electrons.